The van der Waals surface area contributed by atoms with E-state index in [4.69, 9.17) is 5.73 Å². The van der Waals surface area contributed by atoms with Crippen LogP contribution in [0.15, 0.2) is 54.6 Å². The molecule has 0 aromatic heterocycles. The van der Waals surface area contributed by atoms with Gasteiger partial charge in [-0.25, -0.2) is 0 Å². The fourth-order valence-corrected chi connectivity index (χ4v) is 2.40. The lowest BCUT2D eigenvalue weighted by atomic mass is 9.79. The van der Waals surface area contributed by atoms with Crippen molar-refractivity contribution in [2.75, 3.05) is 0 Å². The lowest BCUT2D eigenvalue weighted by Crippen LogP contribution is -2.39. The van der Waals surface area contributed by atoms with Crippen molar-refractivity contribution in [3.05, 3.63) is 71.3 Å². The molecule has 1 atom stereocenters. The Kier molecular flexibility index (Phi) is 3.86. The molecule has 2 rings (SSSR count). The average molecular weight is 279 g/mol. The van der Waals surface area contributed by atoms with Crippen LogP contribution < -0.4 is 5.73 Å². The number of rotatable bonds is 3. The van der Waals surface area contributed by atoms with Crippen LogP contribution in [0.2, 0.25) is 0 Å². The van der Waals surface area contributed by atoms with Crippen LogP contribution in [0.4, 0.5) is 13.2 Å². The summed E-state index contributed by atoms with van der Waals surface area (Å²) < 4.78 is 39.5. The van der Waals surface area contributed by atoms with E-state index in [1.807, 2.05) is 6.07 Å². The van der Waals surface area contributed by atoms with Gasteiger partial charge in [0.1, 0.15) is 0 Å². The van der Waals surface area contributed by atoms with E-state index >= 15 is 0 Å². The van der Waals surface area contributed by atoms with Gasteiger partial charge in [0.2, 0.25) is 0 Å². The number of benzene rings is 2. The van der Waals surface area contributed by atoms with Gasteiger partial charge in [-0.05, 0) is 23.6 Å². The highest BCUT2D eigenvalue weighted by Crippen LogP contribution is 2.39. The van der Waals surface area contributed by atoms with E-state index in [1.54, 1.807) is 37.3 Å². The van der Waals surface area contributed by atoms with E-state index in [2.05, 4.69) is 0 Å². The van der Waals surface area contributed by atoms with Crippen molar-refractivity contribution in [3.63, 3.8) is 0 Å². The molecule has 0 radical (unpaired) electrons. The molecule has 0 aliphatic heterocycles. The lowest BCUT2D eigenvalue weighted by Gasteiger charge is -2.32. The first-order chi connectivity index (χ1) is 9.39. The Morgan fingerprint density at radius 3 is 1.85 bits per heavy atom. The van der Waals surface area contributed by atoms with Crippen molar-refractivity contribution in [2.24, 2.45) is 5.73 Å². The monoisotopic (exact) mass is 279 g/mol. The topological polar surface area (TPSA) is 26.0 Å². The molecule has 20 heavy (non-hydrogen) atoms. The van der Waals surface area contributed by atoms with Crippen LogP contribution in [0.1, 0.15) is 30.0 Å². The Labute approximate surface area is 116 Å². The summed E-state index contributed by atoms with van der Waals surface area (Å²) in [6, 6.07) is 14.4. The summed E-state index contributed by atoms with van der Waals surface area (Å²) in [5, 5.41) is 0. The maximum atomic E-state index is 13.2. The van der Waals surface area contributed by atoms with Crippen molar-refractivity contribution in [3.8, 4) is 0 Å². The minimum Gasteiger partial charge on any atom is -0.318 e. The normalized spacial score (nSPS) is 14.8. The summed E-state index contributed by atoms with van der Waals surface area (Å²) >= 11 is 0. The molecule has 2 aromatic rings. The van der Waals surface area contributed by atoms with Crippen molar-refractivity contribution in [1.82, 2.24) is 0 Å². The van der Waals surface area contributed by atoms with Gasteiger partial charge in [0.15, 0.2) is 0 Å². The van der Waals surface area contributed by atoms with Crippen LogP contribution in [0.3, 0.4) is 0 Å². The Hall–Kier alpha value is -1.81. The molecule has 106 valence electrons. The van der Waals surface area contributed by atoms with Gasteiger partial charge >= 0.3 is 6.18 Å². The summed E-state index contributed by atoms with van der Waals surface area (Å²) in [7, 11) is 0. The maximum absolute atomic E-state index is 13.2. The highest BCUT2D eigenvalue weighted by Gasteiger charge is 2.39. The molecule has 0 spiro atoms. The summed E-state index contributed by atoms with van der Waals surface area (Å²) in [6.45, 7) is 1.79. The third kappa shape index (κ3) is 2.56. The molecule has 0 saturated carbocycles. The molecule has 2 N–H and O–H groups in total. The number of hydrogen-bond acceptors (Lipinski definition) is 1. The molecule has 0 fully saturated rings. The average Bonchev–Trinajstić information content (AvgIpc) is 2.46. The maximum Gasteiger partial charge on any atom is 0.416 e. The molecule has 0 heterocycles. The van der Waals surface area contributed by atoms with E-state index < -0.39 is 17.3 Å². The predicted molar refractivity (Wildman–Crippen MR) is 73.1 cm³/mol. The van der Waals surface area contributed by atoms with Crippen LogP contribution in [0.25, 0.3) is 0 Å². The summed E-state index contributed by atoms with van der Waals surface area (Å²) in [4.78, 5) is 0. The first kappa shape index (κ1) is 14.6. The smallest absolute Gasteiger partial charge is 0.318 e. The fraction of sp³-hybridized carbons (Fsp3) is 0.250. The zero-order chi connectivity index (χ0) is 14.8. The third-order valence-electron chi connectivity index (χ3n) is 3.56. The van der Waals surface area contributed by atoms with Gasteiger partial charge in [-0.15, -0.1) is 0 Å². The Bertz CT molecular complexity index is 578. The van der Waals surface area contributed by atoms with Crippen LogP contribution in [-0.2, 0) is 11.7 Å². The number of halogens is 3. The first-order valence-electron chi connectivity index (χ1n) is 6.40. The second-order valence-electron chi connectivity index (χ2n) is 4.73. The van der Waals surface area contributed by atoms with Crippen molar-refractivity contribution >= 4 is 0 Å². The van der Waals surface area contributed by atoms with E-state index in [1.165, 1.54) is 12.1 Å². The Morgan fingerprint density at radius 2 is 1.35 bits per heavy atom. The molecule has 0 aliphatic carbocycles. The molecule has 1 unspecified atom stereocenters. The molecule has 0 saturated heterocycles. The van der Waals surface area contributed by atoms with Crippen molar-refractivity contribution in [1.29, 1.82) is 0 Å². The molecule has 0 amide bonds. The second kappa shape index (κ2) is 5.29. The van der Waals surface area contributed by atoms with Gasteiger partial charge in [0.05, 0.1) is 11.1 Å². The highest BCUT2D eigenvalue weighted by molar-refractivity contribution is 5.43. The first-order valence-corrected chi connectivity index (χ1v) is 6.40. The molecule has 2 aromatic carbocycles. The largest absolute Gasteiger partial charge is 0.416 e. The second-order valence-corrected chi connectivity index (χ2v) is 4.73. The zero-order valence-electron chi connectivity index (χ0n) is 11.1. The summed E-state index contributed by atoms with van der Waals surface area (Å²) in [5.41, 5.74) is 5.31. The van der Waals surface area contributed by atoms with Gasteiger partial charge in [-0.1, -0.05) is 55.5 Å². The molecule has 4 heteroatoms. The lowest BCUT2D eigenvalue weighted by molar-refractivity contribution is -0.138. The Morgan fingerprint density at radius 1 is 0.850 bits per heavy atom. The van der Waals surface area contributed by atoms with Gasteiger partial charge < -0.3 is 5.73 Å². The van der Waals surface area contributed by atoms with Gasteiger partial charge in [-0.2, -0.15) is 13.2 Å². The minimum atomic E-state index is -4.41. The SMILES string of the molecule is CCC(N)(c1ccccc1)c1ccccc1C(F)(F)F. The van der Waals surface area contributed by atoms with Gasteiger partial charge in [0, 0.05) is 0 Å². The number of hydrogen-bond donors (Lipinski definition) is 1. The van der Waals surface area contributed by atoms with Crippen LogP contribution in [-0.4, -0.2) is 0 Å². The van der Waals surface area contributed by atoms with E-state index in [0.717, 1.165) is 6.07 Å². The zero-order valence-corrected chi connectivity index (χ0v) is 11.1. The van der Waals surface area contributed by atoms with E-state index in [0.29, 0.717) is 12.0 Å². The standard InChI is InChI=1S/C16H16F3N/c1-2-15(20,12-8-4-3-5-9-12)13-10-6-7-11-14(13)16(17,18)19/h3-11H,2,20H2,1H3. The minimum absolute atomic E-state index is 0.112. The summed E-state index contributed by atoms with van der Waals surface area (Å²) in [5.74, 6) is 0. The molecule has 0 bridgehead atoms. The van der Waals surface area contributed by atoms with Crippen LogP contribution in [0.5, 0.6) is 0 Å². The van der Waals surface area contributed by atoms with E-state index in [-0.39, 0.29) is 5.56 Å². The quantitative estimate of drug-likeness (QED) is 0.889. The predicted octanol–water partition coefficient (Wildman–Crippen LogP) is 4.32. The summed E-state index contributed by atoms with van der Waals surface area (Å²) in [6.07, 6.45) is -4.03. The van der Waals surface area contributed by atoms with E-state index in [9.17, 15) is 13.2 Å². The molecular weight excluding hydrogens is 263 g/mol. The fourth-order valence-electron chi connectivity index (χ4n) is 2.40. The third-order valence-corrected chi connectivity index (χ3v) is 3.56. The molecule has 1 nitrogen and oxygen atoms in total. The van der Waals surface area contributed by atoms with Gasteiger partial charge in [-0.3, -0.25) is 0 Å². The van der Waals surface area contributed by atoms with Crippen LogP contribution >= 0.6 is 0 Å². The van der Waals surface area contributed by atoms with Gasteiger partial charge in [0.25, 0.3) is 0 Å². The van der Waals surface area contributed by atoms with Crippen LogP contribution in [0, 0.1) is 0 Å². The molecular formula is C16H16F3N. The van der Waals surface area contributed by atoms with Crippen molar-refractivity contribution in [2.45, 2.75) is 25.1 Å². The Balaban J connectivity index is 2.64. The number of nitrogens with two attached hydrogens (primary N) is 1. The number of alkyl halides is 3. The highest BCUT2D eigenvalue weighted by atomic mass is 19.4. The van der Waals surface area contributed by atoms with Crippen molar-refractivity contribution < 1.29 is 13.2 Å². The molecule has 0 aliphatic rings.